The summed E-state index contributed by atoms with van der Waals surface area (Å²) in [5, 5.41) is 0. The monoisotopic (exact) mass is 363 g/mol. The van der Waals surface area contributed by atoms with Gasteiger partial charge in [0.05, 0.1) is 11.6 Å². The number of fused-ring (bicyclic) bond motifs is 2. The van der Waals surface area contributed by atoms with Crippen molar-refractivity contribution in [3.05, 3.63) is 41.2 Å². The van der Waals surface area contributed by atoms with E-state index in [0.29, 0.717) is 28.2 Å². The number of aromatic amines is 1. The molecule has 0 aliphatic carbocycles. The highest BCUT2D eigenvalue weighted by Crippen LogP contribution is 2.28. The Labute approximate surface area is 153 Å². The van der Waals surface area contributed by atoms with Crippen molar-refractivity contribution < 1.29 is 4.74 Å². The molecule has 2 bridgehead atoms. The van der Waals surface area contributed by atoms with Gasteiger partial charge < -0.3 is 9.64 Å². The molecule has 0 fully saturated rings. The molecule has 0 radical (unpaired) electrons. The lowest BCUT2D eigenvalue weighted by Gasteiger charge is -2.23. The zero-order valence-corrected chi connectivity index (χ0v) is 14.9. The van der Waals surface area contributed by atoms with Crippen LogP contribution < -0.4 is 15.3 Å². The van der Waals surface area contributed by atoms with Crippen LogP contribution in [0.4, 0.5) is 5.82 Å². The average molecular weight is 363 g/mol. The van der Waals surface area contributed by atoms with Gasteiger partial charge in [-0.3, -0.25) is 4.98 Å². The van der Waals surface area contributed by atoms with Crippen LogP contribution in [0.1, 0.15) is 13.3 Å². The minimum atomic E-state index is -0.322. The van der Waals surface area contributed by atoms with Crippen LogP contribution in [0.5, 0.6) is 5.75 Å². The van der Waals surface area contributed by atoms with Gasteiger partial charge in [-0.15, -0.1) is 0 Å². The van der Waals surface area contributed by atoms with Crippen LogP contribution >= 0.6 is 0 Å². The Kier molecular flexibility index (Phi) is 3.36. The van der Waals surface area contributed by atoms with Crippen LogP contribution in [-0.2, 0) is 0 Å². The number of hydrogen-bond acceptors (Lipinski definition) is 7. The first-order valence-corrected chi connectivity index (χ1v) is 8.71. The fourth-order valence-electron chi connectivity index (χ4n) is 3.39. The van der Waals surface area contributed by atoms with Crippen LogP contribution in [0.2, 0.25) is 0 Å². The van der Waals surface area contributed by atoms with Crippen molar-refractivity contribution in [1.82, 2.24) is 29.5 Å². The molecule has 1 N–H and O–H groups in total. The van der Waals surface area contributed by atoms with E-state index in [4.69, 9.17) is 9.72 Å². The number of pyridine rings is 2. The van der Waals surface area contributed by atoms with Gasteiger partial charge in [0.15, 0.2) is 11.5 Å². The van der Waals surface area contributed by atoms with Gasteiger partial charge in [-0.05, 0) is 19.1 Å². The lowest BCUT2D eigenvalue weighted by atomic mass is 10.2. The smallest absolute Gasteiger partial charge is 0.333 e. The van der Waals surface area contributed by atoms with E-state index in [2.05, 4.69) is 19.9 Å². The van der Waals surface area contributed by atoms with E-state index >= 15 is 0 Å². The second kappa shape index (κ2) is 5.76. The predicted octanol–water partition coefficient (Wildman–Crippen LogP) is 1.66. The van der Waals surface area contributed by atoms with Crippen LogP contribution in [0.25, 0.3) is 28.0 Å². The predicted molar refractivity (Wildman–Crippen MR) is 101 cm³/mol. The number of H-pyrrole nitrogens is 1. The Balaban J connectivity index is 1.89. The topological polar surface area (TPSA) is 102 Å². The third-order valence-corrected chi connectivity index (χ3v) is 4.78. The van der Waals surface area contributed by atoms with Crippen LogP contribution in [0, 0.1) is 0 Å². The number of nitrogens with one attached hydrogen (secondary N) is 1. The Morgan fingerprint density at radius 3 is 3.00 bits per heavy atom. The van der Waals surface area contributed by atoms with Crippen molar-refractivity contribution >= 4 is 28.0 Å². The molecule has 0 unspecified atom stereocenters. The fourth-order valence-corrected chi connectivity index (χ4v) is 3.39. The number of imidazole rings is 1. The highest BCUT2D eigenvalue weighted by molar-refractivity contribution is 5.87. The van der Waals surface area contributed by atoms with Gasteiger partial charge in [0.2, 0.25) is 0 Å². The molecular formula is C18H17N7O2. The zero-order chi connectivity index (χ0) is 18.5. The third-order valence-electron chi connectivity index (χ3n) is 4.78. The van der Waals surface area contributed by atoms with E-state index in [0.717, 1.165) is 24.3 Å². The van der Waals surface area contributed by atoms with E-state index < -0.39 is 0 Å². The summed E-state index contributed by atoms with van der Waals surface area (Å²) in [6.45, 7) is 2.75. The highest BCUT2D eigenvalue weighted by Gasteiger charge is 2.20. The second-order valence-electron chi connectivity index (χ2n) is 6.65. The Hall–Kier alpha value is -3.49. The van der Waals surface area contributed by atoms with E-state index in [9.17, 15) is 4.79 Å². The molecule has 0 spiro atoms. The molecule has 136 valence electrons. The van der Waals surface area contributed by atoms with E-state index in [1.807, 2.05) is 24.9 Å². The minimum Gasteiger partial charge on any atom is -0.488 e. The van der Waals surface area contributed by atoms with Crippen LogP contribution in [0.3, 0.4) is 0 Å². The Bertz CT molecular complexity index is 1230. The molecule has 5 rings (SSSR count). The molecular weight excluding hydrogens is 346 g/mol. The lowest BCUT2D eigenvalue weighted by molar-refractivity contribution is 0.215. The normalized spacial score (nSPS) is 17.0. The largest absolute Gasteiger partial charge is 0.488 e. The molecule has 27 heavy (non-hydrogen) atoms. The number of ether oxygens (including phenoxy) is 1. The van der Waals surface area contributed by atoms with Crippen LogP contribution in [-0.4, -0.2) is 49.2 Å². The maximum atomic E-state index is 12.7. The molecule has 9 nitrogen and oxygen atoms in total. The molecule has 4 aromatic rings. The van der Waals surface area contributed by atoms with Gasteiger partial charge in [0, 0.05) is 32.3 Å². The van der Waals surface area contributed by atoms with Crippen molar-refractivity contribution in [3.8, 4) is 11.6 Å². The van der Waals surface area contributed by atoms with Crippen LogP contribution in [0.15, 0.2) is 35.5 Å². The SMILES string of the molecule is C[C@@H]1CCN(C)c2ncnc3ccc(nc23)-n2c(=O)[nH]c3nccc(c32)O1. The molecule has 0 aromatic carbocycles. The second-order valence-corrected chi connectivity index (χ2v) is 6.65. The van der Waals surface area contributed by atoms with Gasteiger partial charge in [-0.2, -0.15) is 0 Å². The van der Waals surface area contributed by atoms with Gasteiger partial charge in [-0.25, -0.2) is 29.3 Å². The first-order chi connectivity index (χ1) is 13.1. The van der Waals surface area contributed by atoms with E-state index in [1.54, 1.807) is 18.3 Å². The molecule has 4 aromatic heterocycles. The summed E-state index contributed by atoms with van der Waals surface area (Å²) < 4.78 is 7.63. The average Bonchev–Trinajstić information content (AvgIpc) is 3.01. The molecule has 9 heteroatoms. The first-order valence-electron chi connectivity index (χ1n) is 8.71. The number of anilines is 1. The van der Waals surface area contributed by atoms with Gasteiger partial charge in [0.25, 0.3) is 0 Å². The van der Waals surface area contributed by atoms with Gasteiger partial charge >= 0.3 is 5.69 Å². The number of hydrogen-bond donors (Lipinski definition) is 1. The number of aromatic nitrogens is 6. The molecule has 0 amide bonds. The van der Waals surface area contributed by atoms with Crippen molar-refractivity contribution in [2.75, 3.05) is 18.5 Å². The summed E-state index contributed by atoms with van der Waals surface area (Å²) in [7, 11) is 1.97. The van der Waals surface area contributed by atoms with Gasteiger partial charge in [0.1, 0.15) is 28.9 Å². The van der Waals surface area contributed by atoms with E-state index in [-0.39, 0.29) is 11.8 Å². The summed E-state index contributed by atoms with van der Waals surface area (Å²) in [5.41, 5.74) is 2.09. The molecule has 1 atom stereocenters. The zero-order valence-electron chi connectivity index (χ0n) is 14.9. The standard InChI is InChI=1S/C18H17N7O2/c1-10-6-8-24(2)17-14-11(20-9-21-17)3-4-13(22-14)25-15-12(27-10)5-7-19-16(15)23-18(25)26/h3-5,7,9-10H,6,8H2,1-2H3,(H,19,23,26)/t10-/m1/s1. The molecule has 0 saturated heterocycles. The summed E-state index contributed by atoms with van der Waals surface area (Å²) in [6, 6.07) is 5.38. The number of rotatable bonds is 0. The van der Waals surface area contributed by atoms with Crippen molar-refractivity contribution in [1.29, 1.82) is 0 Å². The quantitative estimate of drug-likeness (QED) is 0.507. The lowest BCUT2D eigenvalue weighted by Crippen LogP contribution is -2.26. The molecule has 1 aliphatic heterocycles. The number of nitrogens with zero attached hydrogens (tertiary/aromatic N) is 6. The molecule has 1 aliphatic rings. The third kappa shape index (κ3) is 2.42. The highest BCUT2D eigenvalue weighted by atomic mass is 16.5. The van der Waals surface area contributed by atoms with Crippen molar-refractivity contribution in [2.24, 2.45) is 0 Å². The Morgan fingerprint density at radius 2 is 2.11 bits per heavy atom. The summed E-state index contributed by atoms with van der Waals surface area (Å²) >= 11 is 0. The van der Waals surface area contributed by atoms with E-state index in [1.165, 1.54) is 10.9 Å². The maximum Gasteiger partial charge on any atom is 0.333 e. The Morgan fingerprint density at radius 1 is 1.22 bits per heavy atom. The van der Waals surface area contributed by atoms with Crippen molar-refractivity contribution in [3.63, 3.8) is 0 Å². The summed E-state index contributed by atoms with van der Waals surface area (Å²) in [6.07, 6.45) is 3.88. The minimum absolute atomic E-state index is 0.0560. The first kappa shape index (κ1) is 15.7. The maximum absolute atomic E-state index is 12.7. The van der Waals surface area contributed by atoms with Crippen molar-refractivity contribution in [2.45, 2.75) is 19.4 Å². The fraction of sp³-hybridized carbons (Fsp3) is 0.278. The van der Waals surface area contributed by atoms with Gasteiger partial charge in [-0.1, -0.05) is 0 Å². The molecule has 5 heterocycles. The summed E-state index contributed by atoms with van der Waals surface area (Å²) in [5.74, 6) is 1.79. The summed E-state index contributed by atoms with van der Waals surface area (Å²) in [4.78, 5) is 35.2. The molecule has 0 saturated carbocycles.